The molecule has 0 bridgehead atoms. The molecule has 0 saturated carbocycles. The van der Waals surface area contributed by atoms with Crippen molar-refractivity contribution in [2.24, 2.45) is 5.41 Å². The molecule has 210 valence electrons. The molecule has 3 amide bonds. The highest BCUT2D eigenvalue weighted by Crippen LogP contribution is 2.26. The number of rotatable bonds is 9. The predicted molar refractivity (Wildman–Crippen MR) is 145 cm³/mol. The van der Waals surface area contributed by atoms with Crippen LogP contribution in [-0.4, -0.2) is 78.0 Å². The van der Waals surface area contributed by atoms with Crippen molar-refractivity contribution in [2.75, 3.05) is 12.8 Å². The summed E-state index contributed by atoms with van der Waals surface area (Å²) in [5.74, 6) is -2.69. The Balaban J connectivity index is 1.79. The van der Waals surface area contributed by atoms with Gasteiger partial charge in [-0.1, -0.05) is 32.9 Å². The Labute approximate surface area is 227 Å². The number of carbonyl (C=O) groups is 4. The summed E-state index contributed by atoms with van der Waals surface area (Å²) in [6.45, 7) is 5.71. The number of pyridine rings is 1. The maximum Gasteiger partial charge on any atom is 0.305 e. The maximum atomic E-state index is 13.7. The molecule has 1 aliphatic heterocycles. The highest BCUT2D eigenvalue weighted by Gasteiger charge is 2.42. The lowest BCUT2D eigenvalue weighted by Crippen LogP contribution is -2.58. The molecule has 12 heteroatoms. The third kappa shape index (κ3) is 8.09. The first-order valence-corrected chi connectivity index (χ1v) is 14.5. The van der Waals surface area contributed by atoms with Gasteiger partial charge >= 0.3 is 5.97 Å². The molecule has 0 aliphatic carbocycles. The number of aliphatic carboxylic acids is 1. The summed E-state index contributed by atoms with van der Waals surface area (Å²) in [5, 5.41) is 16.2. The fraction of sp³-hybridized carbons (Fsp3) is 0.444. The highest BCUT2D eigenvalue weighted by atomic mass is 32.2. The van der Waals surface area contributed by atoms with Gasteiger partial charge in [0, 0.05) is 35.4 Å². The lowest BCUT2D eigenvalue weighted by atomic mass is 9.85. The van der Waals surface area contributed by atoms with Crippen LogP contribution in [0.4, 0.5) is 0 Å². The van der Waals surface area contributed by atoms with E-state index in [4.69, 9.17) is 0 Å². The molecule has 1 aromatic heterocycles. The van der Waals surface area contributed by atoms with E-state index in [0.717, 1.165) is 28.6 Å². The molecule has 39 heavy (non-hydrogen) atoms. The summed E-state index contributed by atoms with van der Waals surface area (Å²) in [7, 11) is -3.54. The number of aromatic nitrogens is 1. The second-order valence-corrected chi connectivity index (χ2v) is 12.7. The predicted octanol–water partition coefficient (Wildman–Crippen LogP) is 1.89. The van der Waals surface area contributed by atoms with Crippen LogP contribution < -0.4 is 10.6 Å². The van der Waals surface area contributed by atoms with E-state index in [-0.39, 0.29) is 6.54 Å². The van der Waals surface area contributed by atoms with Gasteiger partial charge in [0.15, 0.2) is 9.84 Å². The van der Waals surface area contributed by atoms with Crippen LogP contribution in [0.5, 0.6) is 0 Å². The molecule has 0 spiro atoms. The minimum Gasteiger partial charge on any atom is -0.481 e. The number of nitrogens with one attached hydrogen (secondary N) is 2. The van der Waals surface area contributed by atoms with Crippen molar-refractivity contribution >= 4 is 44.4 Å². The monoisotopic (exact) mass is 558 g/mol. The van der Waals surface area contributed by atoms with Crippen LogP contribution in [-0.2, 0) is 24.2 Å². The molecule has 11 nitrogen and oxygen atoms in total. The van der Waals surface area contributed by atoms with E-state index in [2.05, 4.69) is 15.6 Å². The number of carbonyl (C=O) groups excluding carboxylic acids is 3. The number of sulfone groups is 1. The van der Waals surface area contributed by atoms with Crippen LogP contribution in [0, 0.1) is 5.41 Å². The van der Waals surface area contributed by atoms with Gasteiger partial charge in [-0.05, 0) is 42.5 Å². The average molecular weight is 559 g/mol. The molecule has 3 rings (SSSR count). The summed E-state index contributed by atoms with van der Waals surface area (Å²) in [6, 6.07) is 5.72. The summed E-state index contributed by atoms with van der Waals surface area (Å²) in [4.78, 5) is 57.0. The van der Waals surface area contributed by atoms with E-state index in [0.29, 0.717) is 18.4 Å². The summed E-state index contributed by atoms with van der Waals surface area (Å²) < 4.78 is 23.0. The first-order chi connectivity index (χ1) is 18.2. The van der Waals surface area contributed by atoms with E-state index >= 15 is 0 Å². The van der Waals surface area contributed by atoms with Crippen molar-refractivity contribution in [1.82, 2.24) is 20.5 Å². The zero-order valence-electron chi connectivity index (χ0n) is 22.4. The summed E-state index contributed by atoms with van der Waals surface area (Å²) in [6.07, 6.45) is 4.08. The lowest BCUT2D eigenvalue weighted by molar-refractivity contribution is -0.142. The Morgan fingerprint density at radius 2 is 1.90 bits per heavy atom. The smallest absolute Gasteiger partial charge is 0.305 e. The van der Waals surface area contributed by atoms with Crippen LogP contribution in [0.25, 0.3) is 10.9 Å². The summed E-state index contributed by atoms with van der Waals surface area (Å²) in [5.41, 5.74) is 0.400. The Morgan fingerprint density at radius 3 is 2.54 bits per heavy atom. The topological polar surface area (TPSA) is 163 Å². The number of carboxylic acids is 1. The second kappa shape index (κ2) is 11.9. The number of fused-ring (bicyclic) bond motifs is 1. The molecule has 1 fully saturated rings. The van der Waals surface area contributed by atoms with Crippen LogP contribution in [0.1, 0.15) is 50.4 Å². The fourth-order valence-corrected chi connectivity index (χ4v) is 4.90. The van der Waals surface area contributed by atoms with Gasteiger partial charge in [-0.25, -0.2) is 8.42 Å². The average Bonchev–Trinajstić information content (AvgIpc) is 3.34. The first-order valence-electron chi connectivity index (χ1n) is 12.5. The first kappa shape index (κ1) is 29.8. The molecule has 1 aromatic carbocycles. The minimum atomic E-state index is -3.54. The van der Waals surface area contributed by atoms with E-state index < -0.39 is 63.5 Å². The van der Waals surface area contributed by atoms with Gasteiger partial charge in [0.25, 0.3) is 5.91 Å². The van der Waals surface area contributed by atoms with Gasteiger partial charge in [-0.15, -0.1) is 0 Å². The number of carboxylic acid groups (broad SMARTS) is 1. The minimum absolute atomic E-state index is 0.282. The van der Waals surface area contributed by atoms with Gasteiger partial charge < -0.3 is 20.6 Å². The molecule has 3 N–H and O–H groups in total. The Morgan fingerprint density at radius 1 is 1.18 bits per heavy atom. The van der Waals surface area contributed by atoms with Crippen LogP contribution in [0.15, 0.2) is 48.0 Å². The Hall–Kier alpha value is -3.80. The van der Waals surface area contributed by atoms with Crippen molar-refractivity contribution < 1.29 is 32.7 Å². The number of hydrogen-bond acceptors (Lipinski definition) is 7. The zero-order valence-corrected chi connectivity index (χ0v) is 23.2. The van der Waals surface area contributed by atoms with Crippen molar-refractivity contribution in [1.29, 1.82) is 0 Å². The van der Waals surface area contributed by atoms with Crippen molar-refractivity contribution in [3.63, 3.8) is 0 Å². The van der Waals surface area contributed by atoms with Crippen LogP contribution in [0.2, 0.25) is 0 Å². The van der Waals surface area contributed by atoms with Crippen molar-refractivity contribution in [2.45, 2.75) is 58.2 Å². The van der Waals surface area contributed by atoms with Gasteiger partial charge in [0.2, 0.25) is 11.8 Å². The van der Waals surface area contributed by atoms with Gasteiger partial charge in [0.05, 0.1) is 18.0 Å². The highest BCUT2D eigenvalue weighted by molar-refractivity contribution is 7.93. The van der Waals surface area contributed by atoms with E-state index in [1.54, 1.807) is 30.5 Å². The van der Waals surface area contributed by atoms with Crippen LogP contribution in [0.3, 0.4) is 0 Å². The molecule has 1 aliphatic rings. The molecular weight excluding hydrogens is 524 g/mol. The van der Waals surface area contributed by atoms with Gasteiger partial charge in [0.1, 0.15) is 12.1 Å². The Kier molecular flexibility index (Phi) is 9.10. The van der Waals surface area contributed by atoms with Crippen molar-refractivity contribution in [3.8, 4) is 0 Å². The summed E-state index contributed by atoms with van der Waals surface area (Å²) >= 11 is 0. The Bertz CT molecular complexity index is 1400. The van der Waals surface area contributed by atoms with Crippen LogP contribution >= 0.6 is 0 Å². The standard InChI is InChI=1S/C27H34N4O7S/c1-27(2,3)23(30-24(34)18-9-10-20-17(15-18)7-5-12-28-20)26(36)31-13-6-8-21(31)25(35)29-19(16-22(32)33)11-14-39(4,37)38/h5,7,9-12,14-15,19,21,23H,6,8,13,16H2,1-4H3,(H,29,35)(H,30,34)(H,32,33)/t19-,21-,23+/m1/s1. The van der Waals surface area contributed by atoms with Gasteiger partial charge in [-0.2, -0.15) is 0 Å². The van der Waals surface area contributed by atoms with Crippen molar-refractivity contribution in [3.05, 3.63) is 53.6 Å². The molecule has 2 heterocycles. The molecule has 3 atom stereocenters. The van der Waals surface area contributed by atoms with Gasteiger partial charge in [-0.3, -0.25) is 24.2 Å². The molecule has 1 saturated heterocycles. The largest absolute Gasteiger partial charge is 0.481 e. The quantitative estimate of drug-likeness (QED) is 0.420. The third-order valence-electron chi connectivity index (χ3n) is 6.37. The number of likely N-dealkylation sites (tertiary alicyclic amines) is 1. The second-order valence-electron chi connectivity index (χ2n) is 10.7. The number of amides is 3. The molecular formula is C27H34N4O7S. The number of nitrogens with zero attached hydrogens (tertiary/aromatic N) is 2. The number of benzene rings is 1. The zero-order chi connectivity index (χ0) is 29.0. The third-order valence-corrected chi connectivity index (χ3v) is 7.02. The normalized spacial score (nSPS) is 17.6. The SMILES string of the molecule is CC(C)(C)[C@@H](NC(=O)c1ccc2ncccc2c1)C(=O)N1CCC[C@@H]1C(=O)N[C@H](C=CS(C)(=O)=O)CC(=O)O. The molecule has 2 aromatic rings. The van der Waals surface area contributed by atoms with E-state index in [1.165, 1.54) is 4.90 Å². The fourth-order valence-electron chi connectivity index (χ4n) is 4.42. The van der Waals surface area contributed by atoms with E-state index in [9.17, 15) is 32.7 Å². The number of hydrogen-bond donors (Lipinski definition) is 3. The maximum absolute atomic E-state index is 13.7. The lowest BCUT2D eigenvalue weighted by Gasteiger charge is -2.35. The van der Waals surface area contributed by atoms with E-state index in [1.807, 2.05) is 26.8 Å². The molecule has 0 radical (unpaired) electrons. The molecule has 0 unspecified atom stereocenters.